The number of thiophene rings is 1. The lowest BCUT2D eigenvalue weighted by molar-refractivity contribution is -0.121. The predicted octanol–water partition coefficient (Wildman–Crippen LogP) is 0.292. The van der Waals surface area contributed by atoms with Gasteiger partial charge in [-0.3, -0.25) is 18.8 Å². The van der Waals surface area contributed by atoms with Gasteiger partial charge in [0.1, 0.15) is 22.5 Å². The lowest BCUT2D eigenvalue weighted by Gasteiger charge is -2.13. The zero-order valence-electron chi connectivity index (χ0n) is 15.7. The van der Waals surface area contributed by atoms with Crippen LogP contribution in [-0.4, -0.2) is 51.1 Å². The number of fused-ring (bicyclic) bond motifs is 1. The summed E-state index contributed by atoms with van der Waals surface area (Å²) >= 11 is 1.15. The molecule has 4 rings (SSSR count). The van der Waals surface area contributed by atoms with E-state index in [1.54, 1.807) is 19.2 Å². The van der Waals surface area contributed by atoms with Crippen molar-refractivity contribution in [2.24, 2.45) is 7.05 Å². The molecule has 0 aromatic carbocycles. The minimum Gasteiger partial charge on any atom is -0.350 e. The van der Waals surface area contributed by atoms with Gasteiger partial charge in [-0.05, 0) is 25.0 Å². The number of nitrogens with one attached hydrogen (secondary N) is 1. The molecule has 0 radical (unpaired) electrons. The molecule has 0 saturated carbocycles. The van der Waals surface area contributed by atoms with Crippen LogP contribution in [0.15, 0.2) is 33.7 Å². The van der Waals surface area contributed by atoms with Gasteiger partial charge in [-0.2, -0.15) is 9.40 Å². The number of sulfonamides is 1. The van der Waals surface area contributed by atoms with E-state index in [1.165, 1.54) is 26.1 Å². The first-order valence-corrected chi connectivity index (χ1v) is 11.3. The number of nitrogens with zero attached hydrogens (tertiary/aromatic N) is 5. The minimum absolute atomic E-state index is 0.180. The van der Waals surface area contributed by atoms with E-state index in [-0.39, 0.29) is 28.8 Å². The topological polar surface area (TPSA) is 119 Å². The fourth-order valence-corrected chi connectivity index (χ4v) is 6.19. The molecule has 1 aliphatic rings. The summed E-state index contributed by atoms with van der Waals surface area (Å²) in [5, 5.41) is 7.05. The van der Waals surface area contributed by atoms with Crippen LogP contribution in [0.4, 0.5) is 0 Å². The molecule has 1 fully saturated rings. The van der Waals surface area contributed by atoms with E-state index in [0.29, 0.717) is 24.1 Å². The monoisotopic (exact) mass is 436 g/mol. The molecular formula is C17H20N6O4S2. The van der Waals surface area contributed by atoms with Crippen molar-refractivity contribution in [2.45, 2.75) is 30.1 Å². The Kier molecular flexibility index (Phi) is 5.23. The molecular weight excluding hydrogens is 416 g/mol. The van der Waals surface area contributed by atoms with Crippen molar-refractivity contribution in [3.8, 4) is 0 Å². The molecule has 1 saturated heterocycles. The molecule has 1 amide bonds. The number of carbonyl (C=O) groups excluding carboxylic acids is 1. The van der Waals surface area contributed by atoms with Crippen molar-refractivity contribution in [2.75, 3.05) is 13.1 Å². The van der Waals surface area contributed by atoms with Crippen LogP contribution in [0.25, 0.3) is 11.0 Å². The number of hydrogen-bond acceptors (Lipinski definition) is 7. The highest BCUT2D eigenvalue weighted by atomic mass is 32.2. The summed E-state index contributed by atoms with van der Waals surface area (Å²) in [6.07, 6.45) is 4.50. The summed E-state index contributed by atoms with van der Waals surface area (Å²) in [7, 11) is -1.77. The van der Waals surface area contributed by atoms with Crippen molar-refractivity contribution in [3.05, 3.63) is 39.9 Å². The minimum atomic E-state index is -3.45. The number of hydrogen-bond donors (Lipinski definition) is 1. The van der Waals surface area contributed by atoms with Crippen molar-refractivity contribution in [1.82, 2.24) is 29.0 Å². The molecule has 3 aromatic heterocycles. The van der Waals surface area contributed by atoms with Crippen LogP contribution in [0.2, 0.25) is 0 Å². The Morgan fingerprint density at radius 3 is 2.79 bits per heavy atom. The van der Waals surface area contributed by atoms with Gasteiger partial charge in [0.05, 0.1) is 12.7 Å². The van der Waals surface area contributed by atoms with E-state index < -0.39 is 10.0 Å². The Morgan fingerprint density at radius 2 is 2.03 bits per heavy atom. The summed E-state index contributed by atoms with van der Waals surface area (Å²) in [6.45, 7) is 1.12. The Labute approximate surface area is 170 Å². The average molecular weight is 437 g/mol. The van der Waals surface area contributed by atoms with E-state index in [0.717, 1.165) is 29.1 Å². The quantitative estimate of drug-likeness (QED) is 0.593. The standard InChI is InChI=1S/C17H20N6O4S2/c1-21-16-13(9-20-21)17(25)22(11-19-16)10-14(24)18-8-12-4-5-15(28-12)29(26,27)23-6-2-3-7-23/h4-5,9,11H,2-3,6-8,10H2,1H3,(H,18,24). The van der Waals surface area contributed by atoms with Crippen LogP contribution in [0.5, 0.6) is 0 Å². The van der Waals surface area contributed by atoms with Crippen LogP contribution >= 0.6 is 11.3 Å². The summed E-state index contributed by atoms with van der Waals surface area (Å²) < 4.78 is 29.6. The SMILES string of the molecule is Cn1ncc2c(=O)n(CC(=O)NCc3ccc(S(=O)(=O)N4CCCC4)s3)cnc21. The highest BCUT2D eigenvalue weighted by Gasteiger charge is 2.28. The van der Waals surface area contributed by atoms with E-state index in [1.807, 2.05) is 0 Å². The van der Waals surface area contributed by atoms with Crippen LogP contribution in [0, 0.1) is 0 Å². The molecule has 0 aliphatic carbocycles. The number of aryl methyl sites for hydroxylation is 1. The van der Waals surface area contributed by atoms with Crippen molar-refractivity contribution in [1.29, 1.82) is 0 Å². The van der Waals surface area contributed by atoms with Gasteiger partial charge in [-0.1, -0.05) is 0 Å². The highest BCUT2D eigenvalue weighted by Crippen LogP contribution is 2.27. The lowest BCUT2D eigenvalue weighted by Crippen LogP contribution is -2.32. The number of rotatable bonds is 6. The van der Waals surface area contributed by atoms with Crippen LogP contribution < -0.4 is 10.9 Å². The van der Waals surface area contributed by atoms with Gasteiger partial charge in [0.15, 0.2) is 5.65 Å². The Balaban J connectivity index is 1.40. The maximum absolute atomic E-state index is 12.6. The first-order valence-electron chi connectivity index (χ1n) is 9.09. The summed E-state index contributed by atoms with van der Waals surface area (Å²) in [5.41, 5.74) is 0.116. The fraction of sp³-hybridized carbons (Fsp3) is 0.412. The van der Waals surface area contributed by atoms with Crippen molar-refractivity contribution < 1.29 is 13.2 Å². The summed E-state index contributed by atoms with van der Waals surface area (Å²) in [4.78, 5) is 29.5. The molecule has 0 atom stereocenters. The second-order valence-corrected chi connectivity index (χ2v) is 10.1. The molecule has 154 valence electrons. The molecule has 1 N–H and O–H groups in total. The molecule has 12 heteroatoms. The normalized spacial score (nSPS) is 15.2. The molecule has 0 spiro atoms. The van der Waals surface area contributed by atoms with E-state index >= 15 is 0 Å². The lowest BCUT2D eigenvalue weighted by atomic mass is 10.4. The number of carbonyl (C=O) groups is 1. The van der Waals surface area contributed by atoms with E-state index in [9.17, 15) is 18.0 Å². The number of amides is 1. The molecule has 4 heterocycles. The zero-order chi connectivity index (χ0) is 20.6. The number of aromatic nitrogens is 4. The third kappa shape index (κ3) is 3.82. The third-order valence-corrected chi connectivity index (χ3v) is 8.24. The van der Waals surface area contributed by atoms with Crippen molar-refractivity contribution in [3.63, 3.8) is 0 Å². The molecule has 0 bridgehead atoms. The van der Waals surface area contributed by atoms with E-state index in [2.05, 4.69) is 15.4 Å². The Morgan fingerprint density at radius 1 is 1.28 bits per heavy atom. The van der Waals surface area contributed by atoms with E-state index in [4.69, 9.17) is 0 Å². The summed E-state index contributed by atoms with van der Waals surface area (Å²) in [6, 6.07) is 3.27. The first kappa shape index (κ1) is 19.7. The van der Waals surface area contributed by atoms with Crippen LogP contribution in [0.3, 0.4) is 0 Å². The molecule has 0 unspecified atom stereocenters. The zero-order valence-corrected chi connectivity index (χ0v) is 17.4. The molecule has 1 aliphatic heterocycles. The Hall–Kier alpha value is -2.57. The van der Waals surface area contributed by atoms with Gasteiger partial charge in [0.2, 0.25) is 5.91 Å². The van der Waals surface area contributed by atoms with Crippen molar-refractivity contribution >= 4 is 38.3 Å². The fourth-order valence-electron chi connectivity index (χ4n) is 3.22. The molecule has 10 nitrogen and oxygen atoms in total. The highest BCUT2D eigenvalue weighted by molar-refractivity contribution is 7.91. The second kappa shape index (κ2) is 7.69. The maximum atomic E-state index is 12.6. The smallest absolute Gasteiger partial charge is 0.264 e. The second-order valence-electron chi connectivity index (χ2n) is 6.79. The van der Waals surface area contributed by atoms with Crippen LogP contribution in [-0.2, 0) is 35.0 Å². The Bertz CT molecular complexity index is 1220. The van der Waals surface area contributed by atoms with Gasteiger partial charge in [-0.15, -0.1) is 11.3 Å². The van der Waals surface area contributed by atoms with Gasteiger partial charge in [0, 0.05) is 25.0 Å². The van der Waals surface area contributed by atoms with Gasteiger partial charge < -0.3 is 5.32 Å². The largest absolute Gasteiger partial charge is 0.350 e. The van der Waals surface area contributed by atoms with Crippen LogP contribution in [0.1, 0.15) is 17.7 Å². The van der Waals surface area contributed by atoms with Gasteiger partial charge in [0.25, 0.3) is 15.6 Å². The molecule has 29 heavy (non-hydrogen) atoms. The average Bonchev–Trinajstić information content (AvgIpc) is 3.44. The maximum Gasteiger partial charge on any atom is 0.264 e. The van der Waals surface area contributed by atoms with Gasteiger partial charge >= 0.3 is 0 Å². The third-order valence-electron chi connectivity index (χ3n) is 4.79. The predicted molar refractivity (Wildman–Crippen MR) is 107 cm³/mol. The molecule has 3 aromatic rings. The van der Waals surface area contributed by atoms with Gasteiger partial charge in [-0.25, -0.2) is 13.4 Å². The first-order chi connectivity index (χ1) is 13.9. The summed E-state index contributed by atoms with van der Waals surface area (Å²) in [5.74, 6) is -0.366.